The molecule has 0 unspecified atom stereocenters. The van der Waals surface area contributed by atoms with E-state index < -0.39 is 8.83 Å². The molecule has 0 fully saturated rings. The van der Waals surface area contributed by atoms with Crippen LogP contribution in [0.15, 0.2) is 29.0 Å². The van der Waals surface area contributed by atoms with Crippen molar-refractivity contribution < 1.29 is 0 Å². The molecule has 0 nitrogen and oxygen atoms in total. The van der Waals surface area contributed by atoms with E-state index >= 15 is 0 Å². The van der Waals surface area contributed by atoms with E-state index in [0.717, 1.165) is 0 Å². The highest BCUT2D eigenvalue weighted by Crippen LogP contribution is 2.27. The minimum absolute atomic E-state index is 0.528. The Bertz CT molecular complexity index is 353. The van der Waals surface area contributed by atoms with Gasteiger partial charge in [-0.2, -0.15) is 11.1 Å². The third-order valence-corrected chi connectivity index (χ3v) is 5.64. The van der Waals surface area contributed by atoms with Crippen molar-refractivity contribution in [3.8, 4) is 9.75 Å². The first-order chi connectivity index (χ1) is 5.92. The number of halogens is 1. The molecule has 0 aromatic carbocycles. The predicted molar refractivity (Wildman–Crippen MR) is 61.7 cm³/mol. The zero-order valence-corrected chi connectivity index (χ0v) is 10.1. The largest absolute Gasteiger partial charge is 0.170 e. The standard InChI is InChI=1S/C8H7ClS2Si/c9-12-7-3-5-11-8(7)6-2-1-4-10-6/h1-5H,12H2. The molecular weight excluding hydrogens is 224 g/mol. The van der Waals surface area contributed by atoms with E-state index in [2.05, 4.69) is 29.0 Å². The number of thiophene rings is 2. The Morgan fingerprint density at radius 2 is 2.08 bits per heavy atom. The predicted octanol–water partition coefficient (Wildman–Crippen LogP) is 2.42. The van der Waals surface area contributed by atoms with E-state index in [4.69, 9.17) is 11.1 Å². The van der Waals surface area contributed by atoms with Crippen LogP contribution in [0.2, 0.25) is 0 Å². The fourth-order valence-corrected chi connectivity index (χ4v) is 5.01. The van der Waals surface area contributed by atoms with Crippen molar-refractivity contribution >= 4 is 47.8 Å². The Kier molecular flexibility index (Phi) is 2.65. The SMILES string of the molecule is Cl[SiH2]c1ccsc1-c1cccs1. The molecule has 0 radical (unpaired) electrons. The van der Waals surface area contributed by atoms with Crippen molar-refractivity contribution in [3.05, 3.63) is 29.0 Å². The molecular formula is C8H7ClS2Si. The number of rotatable bonds is 2. The van der Waals surface area contributed by atoms with Crippen LogP contribution in [-0.4, -0.2) is 8.83 Å². The average molecular weight is 231 g/mol. The van der Waals surface area contributed by atoms with Gasteiger partial charge >= 0.3 is 0 Å². The topological polar surface area (TPSA) is 0 Å². The van der Waals surface area contributed by atoms with Gasteiger partial charge < -0.3 is 0 Å². The Labute approximate surface area is 86.4 Å². The second kappa shape index (κ2) is 3.74. The van der Waals surface area contributed by atoms with Crippen molar-refractivity contribution in [2.45, 2.75) is 0 Å². The molecule has 0 aliphatic heterocycles. The molecule has 0 bridgehead atoms. The maximum Gasteiger partial charge on any atom is 0.157 e. The van der Waals surface area contributed by atoms with Gasteiger partial charge in [0.15, 0.2) is 8.83 Å². The highest BCUT2D eigenvalue weighted by Gasteiger charge is 2.05. The molecule has 0 saturated heterocycles. The van der Waals surface area contributed by atoms with Crippen molar-refractivity contribution in [2.75, 3.05) is 0 Å². The summed E-state index contributed by atoms with van der Waals surface area (Å²) in [5.74, 6) is 0. The molecule has 0 atom stereocenters. The minimum atomic E-state index is -0.528. The lowest BCUT2D eigenvalue weighted by molar-refractivity contribution is 1.98. The van der Waals surface area contributed by atoms with E-state index in [1.54, 1.807) is 22.7 Å². The van der Waals surface area contributed by atoms with E-state index in [1.165, 1.54) is 14.9 Å². The maximum atomic E-state index is 5.94. The molecule has 2 aromatic heterocycles. The van der Waals surface area contributed by atoms with Crippen LogP contribution in [0.25, 0.3) is 9.75 Å². The zero-order valence-electron chi connectivity index (χ0n) is 6.29. The maximum absolute atomic E-state index is 5.94. The number of hydrogen-bond acceptors (Lipinski definition) is 2. The molecule has 62 valence electrons. The van der Waals surface area contributed by atoms with E-state index in [9.17, 15) is 0 Å². The fraction of sp³-hybridized carbons (Fsp3) is 0. The van der Waals surface area contributed by atoms with Crippen LogP contribution < -0.4 is 5.19 Å². The summed E-state index contributed by atoms with van der Waals surface area (Å²) in [6.07, 6.45) is 0. The monoisotopic (exact) mass is 230 g/mol. The van der Waals surface area contributed by atoms with E-state index in [1.807, 2.05) is 0 Å². The first-order valence-electron chi connectivity index (χ1n) is 3.58. The normalized spacial score (nSPS) is 11.4. The molecule has 0 spiro atoms. The first kappa shape index (κ1) is 8.50. The van der Waals surface area contributed by atoms with Gasteiger partial charge in [-0.05, 0) is 22.0 Å². The van der Waals surface area contributed by atoms with Crippen LogP contribution in [-0.2, 0) is 0 Å². The molecule has 12 heavy (non-hydrogen) atoms. The van der Waals surface area contributed by atoms with Gasteiger partial charge in [-0.1, -0.05) is 12.1 Å². The third-order valence-electron chi connectivity index (χ3n) is 1.64. The summed E-state index contributed by atoms with van der Waals surface area (Å²) in [7, 11) is -0.528. The van der Waals surface area contributed by atoms with E-state index in [-0.39, 0.29) is 0 Å². The van der Waals surface area contributed by atoms with Crippen molar-refractivity contribution in [2.24, 2.45) is 0 Å². The minimum Gasteiger partial charge on any atom is -0.170 e. The van der Waals surface area contributed by atoms with Gasteiger partial charge in [0.25, 0.3) is 0 Å². The summed E-state index contributed by atoms with van der Waals surface area (Å²) in [5, 5.41) is 5.61. The van der Waals surface area contributed by atoms with E-state index in [0.29, 0.717) is 0 Å². The smallest absolute Gasteiger partial charge is 0.157 e. The Morgan fingerprint density at radius 3 is 2.75 bits per heavy atom. The fourth-order valence-electron chi connectivity index (χ4n) is 1.06. The molecule has 2 aromatic rings. The zero-order chi connectivity index (χ0) is 8.39. The highest BCUT2D eigenvalue weighted by molar-refractivity contribution is 7.22. The van der Waals surface area contributed by atoms with Gasteiger partial charge in [0.05, 0.1) is 0 Å². The Hall–Kier alpha value is -0.0931. The van der Waals surface area contributed by atoms with Crippen molar-refractivity contribution in [3.63, 3.8) is 0 Å². The Balaban J connectivity index is 2.46. The Morgan fingerprint density at radius 1 is 1.17 bits per heavy atom. The second-order valence-electron chi connectivity index (χ2n) is 2.39. The molecule has 0 aliphatic carbocycles. The van der Waals surface area contributed by atoms with Crippen LogP contribution in [0.5, 0.6) is 0 Å². The van der Waals surface area contributed by atoms with Gasteiger partial charge in [-0.15, -0.1) is 22.7 Å². The molecule has 0 aliphatic rings. The summed E-state index contributed by atoms with van der Waals surface area (Å²) in [6.45, 7) is 0. The first-order valence-corrected chi connectivity index (χ1v) is 8.18. The van der Waals surface area contributed by atoms with Gasteiger partial charge in [-0.25, -0.2) is 0 Å². The molecule has 2 heterocycles. The lowest BCUT2D eigenvalue weighted by atomic mass is 10.4. The molecule has 0 N–H and O–H groups in total. The quantitative estimate of drug-likeness (QED) is 0.549. The van der Waals surface area contributed by atoms with Crippen LogP contribution in [0.4, 0.5) is 0 Å². The number of hydrogen-bond donors (Lipinski definition) is 0. The van der Waals surface area contributed by atoms with Gasteiger partial charge in [0, 0.05) is 9.75 Å². The summed E-state index contributed by atoms with van der Waals surface area (Å²) in [4.78, 5) is 2.74. The van der Waals surface area contributed by atoms with Crippen LogP contribution in [0, 0.1) is 0 Å². The summed E-state index contributed by atoms with van der Waals surface area (Å²) in [6, 6.07) is 6.39. The van der Waals surface area contributed by atoms with Gasteiger partial charge in [0.1, 0.15) is 0 Å². The molecule has 2 rings (SSSR count). The summed E-state index contributed by atoms with van der Waals surface area (Å²) >= 11 is 9.52. The second-order valence-corrected chi connectivity index (χ2v) is 6.08. The molecule has 0 saturated carbocycles. The van der Waals surface area contributed by atoms with Crippen LogP contribution in [0.1, 0.15) is 0 Å². The molecule has 4 heteroatoms. The van der Waals surface area contributed by atoms with Crippen LogP contribution in [0.3, 0.4) is 0 Å². The van der Waals surface area contributed by atoms with Crippen LogP contribution >= 0.6 is 33.8 Å². The van der Waals surface area contributed by atoms with Crippen molar-refractivity contribution in [1.29, 1.82) is 0 Å². The molecule has 0 amide bonds. The lowest BCUT2D eigenvalue weighted by Gasteiger charge is -1.94. The summed E-state index contributed by atoms with van der Waals surface area (Å²) in [5.41, 5.74) is 0. The lowest BCUT2D eigenvalue weighted by Crippen LogP contribution is -2.06. The third kappa shape index (κ3) is 1.50. The van der Waals surface area contributed by atoms with Gasteiger partial charge in [-0.3, -0.25) is 0 Å². The summed E-state index contributed by atoms with van der Waals surface area (Å²) < 4.78 is 0. The highest BCUT2D eigenvalue weighted by atomic mass is 35.6. The van der Waals surface area contributed by atoms with Crippen molar-refractivity contribution in [1.82, 2.24) is 0 Å². The van der Waals surface area contributed by atoms with Gasteiger partial charge in [0.2, 0.25) is 0 Å². The average Bonchev–Trinajstić information content (AvgIpc) is 2.74.